The molecule has 0 aliphatic rings. The molecule has 0 saturated heterocycles. The highest BCUT2D eigenvalue weighted by atomic mass is 16.5. The van der Waals surface area contributed by atoms with Crippen LogP contribution in [0.2, 0.25) is 5.82 Å². The topological polar surface area (TPSA) is 21.6 Å². The highest BCUT2D eigenvalue weighted by Crippen LogP contribution is 2.11. The fourth-order valence-electron chi connectivity index (χ4n) is 0.692. The molecule has 0 heterocycles. The van der Waals surface area contributed by atoms with Gasteiger partial charge in [0.1, 0.15) is 0 Å². The van der Waals surface area contributed by atoms with Gasteiger partial charge in [0.25, 0.3) is 0 Å². The van der Waals surface area contributed by atoms with E-state index in [-0.39, 0.29) is 11.9 Å². The number of ether oxygens (including phenoxy) is 1. The van der Waals surface area contributed by atoms with Crippen molar-refractivity contribution in [1.29, 1.82) is 0 Å². The highest BCUT2D eigenvalue weighted by Gasteiger charge is 2.08. The summed E-state index contributed by atoms with van der Waals surface area (Å²) in [6.07, 6.45) is 2.77. The van der Waals surface area contributed by atoms with Crippen LogP contribution < -0.4 is 0 Å². The van der Waals surface area contributed by atoms with Crippen molar-refractivity contribution in [2.24, 2.45) is 4.99 Å². The van der Waals surface area contributed by atoms with Gasteiger partial charge >= 0.3 is 0 Å². The number of methoxy groups -OCH3 is 1. The summed E-state index contributed by atoms with van der Waals surface area (Å²) in [4.78, 5) is 4.07. The van der Waals surface area contributed by atoms with E-state index in [9.17, 15) is 0 Å². The number of nitrogens with zero attached hydrogens (tertiary/aromatic N) is 1. The maximum absolute atomic E-state index is 5.75. The molecule has 0 bridgehead atoms. The molecule has 0 aliphatic heterocycles. The van der Waals surface area contributed by atoms with Crippen LogP contribution in [0.4, 0.5) is 0 Å². The van der Waals surface area contributed by atoms with Crippen molar-refractivity contribution in [3.05, 3.63) is 0 Å². The minimum Gasteiger partial charge on any atom is -0.382 e. The predicted octanol–water partition coefficient (Wildman–Crippen LogP) is 1.46. The van der Waals surface area contributed by atoms with E-state index < -0.39 is 0 Å². The molecular weight excluding hydrogens is 137 g/mol. The van der Waals surface area contributed by atoms with Crippen LogP contribution in [0.3, 0.4) is 0 Å². The molecule has 0 saturated carbocycles. The maximum Gasteiger partial charge on any atom is 0.0739 e. The summed E-state index contributed by atoms with van der Waals surface area (Å²) in [7, 11) is 7.42. The molecule has 0 aromatic carbocycles. The third-order valence-corrected chi connectivity index (χ3v) is 1.66. The zero-order chi connectivity index (χ0) is 8.69. The molecule has 62 valence electrons. The summed E-state index contributed by atoms with van der Waals surface area (Å²) in [6, 6.07) is 0. The number of hydrogen-bond acceptors (Lipinski definition) is 2. The Morgan fingerprint density at radius 3 is 2.73 bits per heavy atom. The first kappa shape index (κ1) is 10.7. The van der Waals surface area contributed by atoms with Crippen LogP contribution in [-0.4, -0.2) is 33.8 Å². The Kier molecular flexibility index (Phi) is 6.23. The van der Waals surface area contributed by atoms with Gasteiger partial charge in [-0.25, -0.2) is 0 Å². The van der Waals surface area contributed by atoms with Gasteiger partial charge in [-0.05, 0) is 32.3 Å². The Bertz CT molecular complexity index is 117. The van der Waals surface area contributed by atoms with Gasteiger partial charge in [-0.1, -0.05) is 0 Å². The highest BCUT2D eigenvalue weighted by molar-refractivity contribution is 6.13. The van der Waals surface area contributed by atoms with E-state index in [0.29, 0.717) is 0 Å². The molecule has 0 aromatic rings. The molecule has 0 amide bonds. The van der Waals surface area contributed by atoms with E-state index in [2.05, 4.69) is 4.99 Å². The molecule has 0 aromatic heterocycles. The van der Waals surface area contributed by atoms with Crippen molar-refractivity contribution >= 4 is 14.1 Å². The molecule has 2 radical (unpaired) electrons. The summed E-state index contributed by atoms with van der Waals surface area (Å²) in [5.74, 6) is 0.0651. The molecule has 0 N–H and O–H groups in total. The third kappa shape index (κ3) is 5.02. The van der Waals surface area contributed by atoms with E-state index in [1.807, 2.05) is 20.1 Å². The number of rotatable bonds is 5. The largest absolute Gasteiger partial charge is 0.382 e. The maximum atomic E-state index is 5.75. The van der Waals surface area contributed by atoms with E-state index in [1.54, 1.807) is 7.11 Å². The summed E-state index contributed by atoms with van der Waals surface area (Å²) in [6.45, 7) is 4.79. The summed E-state index contributed by atoms with van der Waals surface area (Å²) >= 11 is 0. The lowest BCUT2D eigenvalue weighted by molar-refractivity contribution is 0.114. The SMILES string of the molecule is [B][C@H](CC=NCC)C(C)OC. The summed E-state index contributed by atoms with van der Waals surface area (Å²) < 4.78 is 5.06. The average Bonchev–Trinajstić information content (AvgIpc) is 2.03. The zero-order valence-corrected chi connectivity index (χ0v) is 7.58. The molecule has 11 heavy (non-hydrogen) atoms. The van der Waals surface area contributed by atoms with E-state index in [0.717, 1.165) is 13.0 Å². The van der Waals surface area contributed by atoms with Gasteiger partial charge in [0.05, 0.1) is 7.85 Å². The first-order valence-corrected chi connectivity index (χ1v) is 3.99. The summed E-state index contributed by atoms with van der Waals surface area (Å²) in [5, 5.41) is 0. The number of hydrogen-bond donors (Lipinski definition) is 0. The molecular formula is C8H16BNO. The lowest BCUT2D eigenvalue weighted by Gasteiger charge is -2.16. The van der Waals surface area contributed by atoms with Crippen LogP contribution in [0.15, 0.2) is 4.99 Å². The molecule has 0 aliphatic carbocycles. The lowest BCUT2D eigenvalue weighted by Crippen LogP contribution is -2.14. The number of aliphatic imine (C=N–C) groups is 1. The van der Waals surface area contributed by atoms with Gasteiger partial charge in [-0.2, -0.15) is 0 Å². The minimum atomic E-state index is 0.0651. The van der Waals surface area contributed by atoms with Crippen LogP contribution in [0.1, 0.15) is 20.3 Å². The molecule has 1 unspecified atom stereocenters. The van der Waals surface area contributed by atoms with Crippen molar-refractivity contribution in [2.45, 2.75) is 32.2 Å². The Balaban J connectivity index is 3.50. The van der Waals surface area contributed by atoms with Gasteiger partial charge in [-0.15, -0.1) is 0 Å². The molecule has 3 heteroatoms. The fraction of sp³-hybridized carbons (Fsp3) is 0.875. The van der Waals surface area contributed by atoms with Gasteiger partial charge in [0.15, 0.2) is 0 Å². The second kappa shape index (κ2) is 6.41. The minimum absolute atomic E-state index is 0.0651. The molecule has 0 spiro atoms. The van der Waals surface area contributed by atoms with E-state index in [1.165, 1.54) is 0 Å². The van der Waals surface area contributed by atoms with Crippen LogP contribution in [0, 0.1) is 0 Å². The molecule has 0 fully saturated rings. The fourth-order valence-corrected chi connectivity index (χ4v) is 0.692. The van der Waals surface area contributed by atoms with Gasteiger partial charge in [0, 0.05) is 19.8 Å². The van der Waals surface area contributed by atoms with Crippen LogP contribution >= 0.6 is 0 Å². The first-order valence-electron chi connectivity index (χ1n) is 3.99. The Hall–Kier alpha value is -0.305. The van der Waals surface area contributed by atoms with Gasteiger partial charge < -0.3 is 4.74 Å². The molecule has 2 atom stereocenters. The Morgan fingerprint density at radius 2 is 2.27 bits per heavy atom. The van der Waals surface area contributed by atoms with Crippen LogP contribution in [0.25, 0.3) is 0 Å². The standard InChI is InChI=1S/C8H16BNO/c1-4-10-6-5-8(9)7(2)11-3/h6-8H,4-5H2,1-3H3/t7?,8-/m1/s1. The first-order chi connectivity index (χ1) is 5.22. The second-order valence-electron chi connectivity index (χ2n) is 2.52. The van der Waals surface area contributed by atoms with Crippen molar-refractivity contribution in [3.8, 4) is 0 Å². The van der Waals surface area contributed by atoms with Gasteiger partial charge in [0.2, 0.25) is 0 Å². The van der Waals surface area contributed by atoms with E-state index >= 15 is 0 Å². The normalized spacial score (nSPS) is 17.0. The molecule has 2 nitrogen and oxygen atoms in total. The smallest absolute Gasteiger partial charge is 0.0739 e. The summed E-state index contributed by atoms with van der Waals surface area (Å²) in [5.41, 5.74) is 0. The average molecular weight is 153 g/mol. The van der Waals surface area contributed by atoms with Crippen LogP contribution in [0.5, 0.6) is 0 Å². The Labute approximate surface area is 70.5 Å². The van der Waals surface area contributed by atoms with Crippen molar-refractivity contribution in [3.63, 3.8) is 0 Å². The zero-order valence-electron chi connectivity index (χ0n) is 7.58. The van der Waals surface area contributed by atoms with E-state index in [4.69, 9.17) is 12.6 Å². The lowest BCUT2D eigenvalue weighted by atomic mass is 9.81. The monoisotopic (exact) mass is 153 g/mol. The Morgan fingerprint density at radius 1 is 1.64 bits per heavy atom. The third-order valence-electron chi connectivity index (χ3n) is 1.66. The van der Waals surface area contributed by atoms with Crippen molar-refractivity contribution < 1.29 is 4.74 Å². The molecule has 0 rings (SSSR count). The van der Waals surface area contributed by atoms with Crippen molar-refractivity contribution in [2.75, 3.05) is 13.7 Å². The predicted molar refractivity (Wildman–Crippen MR) is 49.6 cm³/mol. The van der Waals surface area contributed by atoms with Crippen molar-refractivity contribution in [1.82, 2.24) is 0 Å². The quantitative estimate of drug-likeness (QED) is 0.432. The van der Waals surface area contributed by atoms with Gasteiger partial charge in [-0.3, -0.25) is 4.99 Å². The van der Waals surface area contributed by atoms with Crippen LogP contribution in [-0.2, 0) is 4.74 Å². The second-order valence-corrected chi connectivity index (χ2v) is 2.52.